The minimum Gasteiger partial charge on any atom is -0.481 e. The molecule has 110 valence electrons. The summed E-state index contributed by atoms with van der Waals surface area (Å²) in [6.07, 6.45) is 2.26. The van der Waals surface area contributed by atoms with Crippen LogP contribution in [0.4, 0.5) is 4.79 Å². The van der Waals surface area contributed by atoms with Gasteiger partial charge in [0.2, 0.25) is 0 Å². The normalized spacial score (nSPS) is 23.4. The molecule has 1 aliphatic carbocycles. The summed E-state index contributed by atoms with van der Waals surface area (Å²) in [5.74, 6) is -0.791. The highest BCUT2D eigenvalue weighted by Crippen LogP contribution is 2.26. The van der Waals surface area contributed by atoms with Crippen LogP contribution >= 0.6 is 0 Å². The quantitative estimate of drug-likeness (QED) is 0.716. The van der Waals surface area contributed by atoms with Gasteiger partial charge in [0.15, 0.2) is 0 Å². The Morgan fingerprint density at radius 3 is 2.47 bits per heavy atom. The van der Waals surface area contributed by atoms with E-state index in [1.54, 1.807) is 0 Å². The maximum absolute atomic E-state index is 11.8. The average molecular weight is 270 g/mol. The Morgan fingerprint density at radius 1 is 1.32 bits per heavy atom. The molecule has 2 atom stereocenters. The minimum absolute atomic E-state index is 0.0270. The fourth-order valence-electron chi connectivity index (χ4n) is 2.16. The number of rotatable bonds is 5. The van der Waals surface area contributed by atoms with Crippen molar-refractivity contribution in [1.29, 1.82) is 0 Å². The second-order valence-electron chi connectivity index (χ2n) is 6.45. The van der Waals surface area contributed by atoms with Crippen LogP contribution in [0, 0.1) is 17.3 Å². The molecule has 1 saturated carbocycles. The van der Waals surface area contributed by atoms with E-state index in [1.165, 1.54) is 0 Å². The second-order valence-corrected chi connectivity index (χ2v) is 6.45. The molecule has 0 aromatic carbocycles. The number of hydrogen-bond donors (Lipinski definition) is 3. The molecule has 0 radical (unpaired) electrons. The van der Waals surface area contributed by atoms with E-state index in [9.17, 15) is 9.59 Å². The number of hydrogen-bond acceptors (Lipinski definition) is 2. The molecular formula is C14H26N2O3. The Kier molecular flexibility index (Phi) is 5.20. The van der Waals surface area contributed by atoms with Gasteiger partial charge >= 0.3 is 12.0 Å². The van der Waals surface area contributed by atoms with Crippen molar-refractivity contribution in [3.05, 3.63) is 0 Å². The molecule has 3 N–H and O–H groups in total. The van der Waals surface area contributed by atoms with Gasteiger partial charge in [0.25, 0.3) is 0 Å². The van der Waals surface area contributed by atoms with E-state index in [2.05, 4.69) is 38.3 Å². The van der Waals surface area contributed by atoms with Crippen LogP contribution in [0.5, 0.6) is 0 Å². The first-order chi connectivity index (χ1) is 8.74. The maximum Gasteiger partial charge on any atom is 0.315 e. The van der Waals surface area contributed by atoms with E-state index >= 15 is 0 Å². The van der Waals surface area contributed by atoms with E-state index in [0.29, 0.717) is 18.9 Å². The van der Waals surface area contributed by atoms with Crippen molar-refractivity contribution in [3.63, 3.8) is 0 Å². The lowest BCUT2D eigenvalue weighted by atomic mass is 9.81. The molecule has 0 heterocycles. The minimum atomic E-state index is -0.815. The Labute approximate surface area is 115 Å². The zero-order valence-corrected chi connectivity index (χ0v) is 12.3. The topological polar surface area (TPSA) is 78.4 Å². The molecule has 2 amide bonds. The number of aliphatic carboxylic acids is 1. The summed E-state index contributed by atoms with van der Waals surface area (Å²) >= 11 is 0. The van der Waals surface area contributed by atoms with Gasteiger partial charge in [0.1, 0.15) is 0 Å². The predicted molar refractivity (Wildman–Crippen MR) is 73.9 cm³/mol. The molecule has 0 aliphatic heterocycles. The summed E-state index contributed by atoms with van der Waals surface area (Å²) in [5.41, 5.74) is 0.0270. The largest absolute Gasteiger partial charge is 0.481 e. The van der Waals surface area contributed by atoms with E-state index in [-0.39, 0.29) is 17.5 Å². The Morgan fingerprint density at radius 2 is 1.95 bits per heavy atom. The first-order valence-corrected chi connectivity index (χ1v) is 7.01. The van der Waals surface area contributed by atoms with Crippen molar-refractivity contribution in [2.45, 2.75) is 53.0 Å². The molecular weight excluding hydrogens is 244 g/mol. The highest BCUT2D eigenvalue weighted by molar-refractivity contribution is 5.77. The Bertz CT molecular complexity index is 340. The summed E-state index contributed by atoms with van der Waals surface area (Å²) in [6.45, 7) is 9.04. The smallest absolute Gasteiger partial charge is 0.315 e. The Balaban J connectivity index is 2.41. The average Bonchev–Trinajstić information content (AvgIpc) is 2.74. The van der Waals surface area contributed by atoms with Gasteiger partial charge in [0.05, 0.1) is 5.92 Å². The van der Waals surface area contributed by atoms with Crippen LogP contribution in [0.25, 0.3) is 0 Å². The van der Waals surface area contributed by atoms with Crippen molar-refractivity contribution < 1.29 is 14.7 Å². The third-order valence-corrected chi connectivity index (χ3v) is 4.42. The van der Waals surface area contributed by atoms with E-state index in [1.807, 2.05) is 0 Å². The fraction of sp³-hybridized carbons (Fsp3) is 0.857. The first kappa shape index (κ1) is 15.8. The summed E-state index contributed by atoms with van der Waals surface area (Å²) < 4.78 is 0. The number of carboxylic acid groups (broad SMARTS) is 1. The summed E-state index contributed by atoms with van der Waals surface area (Å²) in [6, 6.07) is -0.494. The lowest BCUT2D eigenvalue weighted by Crippen LogP contribution is -2.48. The SMILES string of the molecule is CC(C)C(C)(C)CNC(=O)NC1CCCC1C(=O)O. The summed E-state index contributed by atoms with van der Waals surface area (Å²) in [5, 5.41) is 14.7. The van der Waals surface area contributed by atoms with Crippen molar-refractivity contribution in [1.82, 2.24) is 10.6 Å². The monoisotopic (exact) mass is 270 g/mol. The molecule has 0 saturated heterocycles. The highest BCUT2D eigenvalue weighted by atomic mass is 16.4. The number of carbonyl (C=O) groups is 2. The van der Waals surface area contributed by atoms with Crippen LogP contribution in [0.2, 0.25) is 0 Å². The molecule has 0 bridgehead atoms. The van der Waals surface area contributed by atoms with E-state index < -0.39 is 11.9 Å². The van der Waals surface area contributed by atoms with Crippen LogP contribution in [-0.2, 0) is 4.79 Å². The zero-order valence-electron chi connectivity index (χ0n) is 12.3. The number of carbonyl (C=O) groups excluding carboxylic acids is 1. The zero-order chi connectivity index (χ0) is 14.6. The molecule has 1 aliphatic rings. The molecule has 19 heavy (non-hydrogen) atoms. The third kappa shape index (κ3) is 4.40. The van der Waals surface area contributed by atoms with Gasteiger partial charge in [-0.1, -0.05) is 34.1 Å². The third-order valence-electron chi connectivity index (χ3n) is 4.42. The van der Waals surface area contributed by atoms with Gasteiger partial charge in [-0.15, -0.1) is 0 Å². The summed E-state index contributed by atoms with van der Waals surface area (Å²) in [7, 11) is 0. The standard InChI is InChI=1S/C14H26N2O3/c1-9(2)14(3,4)8-15-13(19)16-11-7-5-6-10(11)12(17)18/h9-11H,5-8H2,1-4H3,(H,17,18)(H2,15,16,19). The molecule has 0 aromatic heterocycles. The number of nitrogens with one attached hydrogen (secondary N) is 2. The van der Waals surface area contributed by atoms with Crippen LogP contribution < -0.4 is 10.6 Å². The number of amides is 2. The van der Waals surface area contributed by atoms with Crippen molar-refractivity contribution in [2.24, 2.45) is 17.3 Å². The van der Waals surface area contributed by atoms with E-state index in [0.717, 1.165) is 12.8 Å². The number of urea groups is 1. The molecule has 0 aromatic rings. The lowest BCUT2D eigenvalue weighted by Gasteiger charge is -2.29. The second kappa shape index (κ2) is 6.26. The fourth-order valence-corrected chi connectivity index (χ4v) is 2.16. The highest BCUT2D eigenvalue weighted by Gasteiger charge is 2.34. The Hall–Kier alpha value is -1.26. The molecule has 5 nitrogen and oxygen atoms in total. The van der Waals surface area contributed by atoms with Gasteiger partial charge < -0.3 is 15.7 Å². The van der Waals surface area contributed by atoms with Crippen molar-refractivity contribution >= 4 is 12.0 Å². The van der Waals surface area contributed by atoms with Crippen LogP contribution in [0.1, 0.15) is 47.0 Å². The van der Waals surface area contributed by atoms with Gasteiger partial charge in [-0.05, 0) is 24.2 Å². The van der Waals surface area contributed by atoms with Crippen molar-refractivity contribution in [3.8, 4) is 0 Å². The number of carboxylic acids is 1. The van der Waals surface area contributed by atoms with Crippen molar-refractivity contribution in [2.75, 3.05) is 6.54 Å². The van der Waals surface area contributed by atoms with Gasteiger partial charge in [-0.3, -0.25) is 4.79 Å². The first-order valence-electron chi connectivity index (χ1n) is 7.01. The van der Waals surface area contributed by atoms with Gasteiger partial charge in [0, 0.05) is 12.6 Å². The van der Waals surface area contributed by atoms with Crippen LogP contribution in [0.15, 0.2) is 0 Å². The molecule has 1 rings (SSSR count). The van der Waals surface area contributed by atoms with E-state index in [4.69, 9.17) is 5.11 Å². The van der Waals surface area contributed by atoms with Crippen LogP contribution in [-0.4, -0.2) is 29.7 Å². The lowest BCUT2D eigenvalue weighted by molar-refractivity contribution is -0.142. The van der Waals surface area contributed by atoms with Gasteiger partial charge in [-0.25, -0.2) is 4.79 Å². The molecule has 2 unspecified atom stereocenters. The molecule has 0 spiro atoms. The van der Waals surface area contributed by atoms with Gasteiger partial charge in [-0.2, -0.15) is 0 Å². The molecule has 5 heteroatoms. The van der Waals surface area contributed by atoms with Crippen LogP contribution in [0.3, 0.4) is 0 Å². The summed E-state index contributed by atoms with van der Waals surface area (Å²) in [4.78, 5) is 22.8. The molecule has 1 fully saturated rings. The maximum atomic E-state index is 11.8. The predicted octanol–water partition coefficient (Wildman–Crippen LogP) is 2.22.